The van der Waals surface area contributed by atoms with Gasteiger partial charge in [0.1, 0.15) is 11.6 Å². The Morgan fingerprint density at radius 3 is 2.04 bits per heavy atom. The number of halogens is 2. The second kappa shape index (κ2) is 8.90. The molecule has 0 spiro atoms. The van der Waals surface area contributed by atoms with Crippen LogP contribution < -0.4 is 10.6 Å². The van der Waals surface area contributed by atoms with Crippen molar-refractivity contribution in [2.75, 3.05) is 0 Å². The summed E-state index contributed by atoms with van der Waals surface area (Å²) in [5.74, 6) is -0.423. The third-order valence-electron chi connectivity index (χ3n) is 3.84. The molecule has 0 radical (unpaired) electrons. The van der Waals surface area contributed by atoms with Gasteiger partial charge in [-0.25, -0.2) is 8.78 Å². The first-order valence-electron chi connectivity index (χ1n) is 8.42. The van der Waals surface area contributed by atoms with Gasteiger partial charge in [0.05, 0.1) is 0 Å². The van der Waals surface area contributed by atoms with Crippen LogP contribution in [0.2, 0.25) is 0 Å². The quantitative estimate of drug-likeness (QED) is 0.758. The number of benzene rings is 2. The van der Waals surface area contributed by atoms with Crippen LogP contribution in [0.15, 0.2) is 42.5 Å². The molecule has 0 amide bonds. The van der Waals surface area contributed by atoms with E-state index < -0.39 is 0 Å². The molecule has 0 aliphatic rings. The topological polar surface area (TPSA) is 24.1 Å². The molecule has 4 heteroatoms. The highest BCUT2D eigenvalue weighted by atomic mass is 19.1. The van der Waals surface area contributed by atoms with Crippen LogP contribution in [0.1, 0.15) is 37.5 Å². The van der Waals surface area contributed by atoms with Crippen molar-refractivity contribution in [3.8, 4) is 0 Å². The van der Waals surface area contributed by atoms with E-state index in [2.05, 4.69) is 37.5 Å². The Morgan fingerprint density at radius 2 is 1.38 bits per heavy atom. The highest BCUT2D eigenvalue weighted by Crippen LogP contribution is 2.12. The Hall–Kier alpha value is -1.78. The molecule has 1 unspecified atom stereocenters. The predicted molar refractivity (Wildman–Crippen MR) is 94.8 cm³/mol. The maximum absolute atomic E-state index is 13.8. The van der Waals surface area contributed by atoms with Crippen LogP contribution in [0.4, 0.5) is 8.78 Å². The fourth-order valence-corrected chi connectivity index (χ4v) is 2.58. The third kappa shape index (κ3) is 6.38. The van der Waals surface area contributed by atoms with E-state index in [0.29, 0.717) is 19.1 Å². The van der Waals surface area contributed by atoms with Crippen molar-refractivity contribution >= 4 is 0 Å². The molecule has 0 heterocycles. The Bertz CT molecular complexity index is 639. The summed E-state index contributed by atoms with van der Waals surface area (Å²) in [4.78, 5) is 0. The highest BCUT2D eigenvalue weighted by Gasteiger charge is 2.07. The van der Waals surface area contributed by atoms with E-state index >= 15 is 0 Å². The van der Waals surface area contributed by atoms with Crippen molar-refractivity contribution in [3.05, 3.63) is 70.8 Å². The van der Waals surface area contributed by atoms with Gasteiger partial charge >= 0.3 is 0 Å². The summed E-state index contributed by atoms with van der Waals surface area (Å²) in [7, 11) is 0. The van der Waals surface area contributed by atoms with E-state index in [-0.39, 0.29) is 17.7 Å². The van der Waals surface area contributed by atoms with Crippen LogP contribution in [0.3, 0.4) is 0 Å². The van der Waals surface area contributed by atoms with E-state index in [4.69, 9.17) is 0 Å². The first-order chi connectivity index (χ1) is 11.4. The molecule has 0 bridgehead atoms. The van der Waals surface area contributed by atoms with E-state index in [1.165, 1.54) is 12.1 Å². The van der Waals surface area contributed by atoms with E-state index in [1.807, 2.05) is 0 Å². The largest absolute Gasteiger partial charge is 0.310 e. The van der Waals surface area contributed by atoms with Gasteiger partial charge in [0, 0.05) is 25.2 Å². The predicted octanol–water partition coefficient (Wildman–Crippen LogP) is 4.18. The first kappa shape index (κ1) is 18.6. The van der Waals surface area contributed by atoms with Crippen molar-refractivity contribution in [1.82, 2.24) is 10.6 Å². The minimum absolute atomic E-state index is 0.196. The summed E-state index contributed by atoms with van der Waals surface area (Å²) in [5, 5.41) is 6.70. The van der Waals surface area contributed by atoms with Crippen LogP contribution in [-0.4, -0.2) is 12.1 Å². The fraction of sp³-hybridized carbons (Fsp3) is 0.400. The Kier molecular flexibility index (Phi) is 6.88. The van der Waals surface area contributed by atoms with Crippen molar-refractivity contribution in [2.45, 2.75) is 52.4 Å². The summed E-state index contributed by atoms with van der Waals surface area (Å²) in [6.07, 6.45) is 0.744. The molecule has 0 saturated carbocycles. The Morgan fingerprint density at radius 1 is 0.750 bits per heavy atom. The zero-order chi connectivity index (χ0) is 17.5. The van der Waals surface area contributed by atoms with Crippen LogP contribution in [0, 0.1) is 11.6 Å². The van der Waals surface area contributed by atoms with Gasteiger partial charge in [0.15, 0.2) is 0 Å². The summed E-state index contributed by atoms with van der Waals surface area (Å²) in [6.45, 7) is 7.54. The SMILES string of the molecule is CC(C)NCc1cc(F)cc(CC(C)NCc2ccc(F)cc2)c1. The van der Waals surface area contributed by atoms with Gasteiger partial charge < -0.3 is 10.6 Å². The maximum Gasteiger partial charge on any atom is 0.123 e. The molecule has 0 saturated heterocycles. The molecule has 0 aromatic heterocycles. The van der Waals surface area contributed by atoms with Crippen LogP contribution in [0.25, 0.3) is 0 Å². The number of hydrogen-bond donors (Lipinski definition) is 2. The molecule has 2 rings (SSSR count). The van der Waals surface area contributed by atoms with Crippen molar-refractivity contribution < 1.29 is 8.78 Å². The average molecular weight is 332 g/mol. The van der Waals surface area contributed by atoms with Crippen LogP contribution >= 0.6 is 0 Å². The molecule has 0 aliphatic heterocycles. The maximum atomic E-state index is 13.8. The smallest absolute Gasteiger partial charge is 0.123 e. The standard InChI is InChI=1S/C20H26F2N2/c1-14(2)23-13-18-9-17(10-20(22)11-18)8-15(3)24-12-16-4-6-19(21)7-5-16/h4-7,9-11,14-15,23-24H,8,12-13H2,1-3H3. The zero-order valence-corrected chi connectivity index (χ0v) is 14.6. The van der Waals surface area contributed by atoms with E-state index in [0.717, 1.165) is 23.1 Å². The molecule has 2 aromatic rings. The molecular weight excluding hydrogens is 306 g/mol. The summed E-state index contributed by atoms with van der Waals surface area (Å²) < 4.78 is 26.7. The fourth-order valence-electron chi connectivity index (χ4n) is 2.58. The van der Waals surface area contributed by atoms with Gasteiger partial charge in [-0.3, -0.25) is 0 Å². The van der Waals surface area contributed by atoms with E-state index in [1.54, 1.807) is 24.3 Å². The van der Waals surface area contributed by atoms with Crippen molar-refractivity contribution in [3.63, 3.8) is 0 Å². The van der Waals surface area contributed by atoms with Gasteiger partial charge in [0.2, 0.25) is 0 Å². The average Bonchev–Trinajstić information content (AvgIpc) is 2.52. The Balaban J connectivity index is 1.90. The molecule has 0 aliphatic carbocycles. The second-order valence-corrected chi connectivity index (χ2v) is 6.62. The van der Waals surface area contributed by atoms with Crippen LogP contribution in [0.5, 0.6) is 0 Å². The summed E-state index contributed by atoms with van der Waals surface area (Å²) in [6, 6.07) is 12.2. The lowest BCUT2D eigenvalue weighted by Gasteiger charge is -2.15. The Labute approximate surface area is 143 Å². The minimum atomic E-state index is -0.228. The lowest BCUT2D eigenvalue weighted by molar-refractivity contribution is 0.540. The third-order valence-corrected chi connectivity index (χ3v) is 3.84. The number of nitrogens with one attached hydrogen (secondary N) is 2. The van der Waals surface area contributed by atoms with Crippen molar-refractivity contribution in [1.29, 1.82) is 0 Å². The molecule has 2 N–H and O–H groups in total. The molecule has 0 fully saturated rings. The lowest BCUT2D eigenvalue weighted by Crippen LogP contribution is -2.27. The van der Waals surface area contributed by atoms with Gasteiger partial charge in [-0.2, -0.15) is 0 Å². The summed E-state index contributed by atoms with van der Waals surface area (Å²) >= 11 is 0. The second-order valence-electron chi connectivity index (χ2n) is 6.62. The van der Waals surface area contributed by atoms with Gasteiger partial charge in [-0.15, -0.1) is 0 Å². The lowest BCUT2D eigenvalue weighted by atomic mass is 10.0. The zero-order valence-electron chi connectivity index (χ0n) is 14.6. The molecule has 130 valence electrons. The molecule has 2 nitrogen and oxygen atoms in total. The molecule has 1 atom stereocenters. The van der Waals surface area contributed by atoms with E-state index in [9.17, 15) is 8.78 Å². The van der Waals surface area contributed by atoms with Gasteiger partial charge in [-0.05, 0) is 54.3 Å². The summed E-state index contributed by atoms with van der Waals surface area (Å²) in [5.41, 5.74) is 2.98. The van der Waals surface area contributed by atoms with Crippen molar-refractivity contribution in [2.24, 2.45) is 0 Å². The highest BCUT2D eigenvalue weighted by molar-refractivity contribution is 5.25. The van der Waals surface area contributed by atoms with Gasteiger partial charge in [-0.1, -0.05) is 32.0 Å². The minimum Gasteiger partial charge on any atom is -0.310 e. The molecular formula is C20H26F2N2. The van der Waals surface area contributed by atoms with Crippen LogP contribution in [-0.2, 0) is 19.5 Å². The molecule has 2 aromatic carbocycles. The molecule has 24 heavy (non-hydrogen) atoms. The number of hydrogen-bond acceptors (Lipinski definition) is 2. The van der Waals surface area contributed by atoms with Gasteiger partial charge in [0.25, 0.3) is 0 Å². The first-order valence-corrected chi connectivity index (χ1v) is 8.42. The monoisotopic (exact) mass is 332 g/mol. The normalized spacial score (nSPS) is 12.6. The number of rotatable bonds is 8.